The van der Waals surface area contributed by atoms with Gasteiger partial charge in [0.2, 0.25) is 5.91 Å². The van der Waals surface area contributed by atoms with Crippen LogP contribution in [0.15, 0.2) is 17.5 Å². The number of hydrogen-bond acceptors (Lipinski definition) is 3. The Morgan fingerprint density at radius 2 is 1.88 bits per heavy atom. The molecule has 25 heavy (non-hydrogen) atoms. The summed E-state index contributed by atoms with van der Waals surface area (Å²) in [5.41, 5.74) is 0. The van der Waals surface area contributed by atoms with Crippen molar-refractivity contribution in [3.05, 3.63) is 22.4 Å². The van der Waals surface area contributed by atoms with Crippen molar-refractivity contribution in [2.24, 2.45) is 11.8 Å². The summed E-state index contributed by atoms with van der Waals surface area (Å²) < 4.78 is 0. The van der Waals surface area contributed by atoms with E-state index in [-0.39, 0.29) is 23.9 Å². The van der Waals surface area contributed by atoms with Gasteiger partial charge in [-0.3, -0.25) is 4.79 Å². The molecule has 0 aliphatic carbocycles. The molecule has 3 amide bonds. The first kappa shape index (κ1) is 18.2. The molecule has 2 atom stereocenters. The quantitative estimate of drug-likeness (QED) is 0.890. The number of carbonyl (C=O) groups is 2. The van der Waals surface area contributed by atoms with E-state index in [0.29, 0.717) is 12.5 Å². The highest BCUT2D eigenvalue weighted by molar-refractivity contribution is 7.10. The zero-order chi connectivity index (χ0) is 17.8. The van der Waals surface area contributed by atoms with Crippen LogP contribution in [0.25, 0.3) is 0 Å². The fourth-order valence-electron chi connectivity index (χ4n) is 3.78. The summed E-state index contributed by atoms with van der Waals surface area (Å²) in [4.78, 5) is 30.5. The van der Waals surface area contributed by atoms with Crippen LogP contribution >= 0.6 is 11.3 Å². The second-order valence-corrected chi connectivity index (χ2v) is 8.49. The molecule has 1 aromatic rings. The first-order valence-corrected chi connectivity index (χ1v) is 10.3. The molecule has 0 unspecified atom stereocenters. The molecule has 0 spiro atoms. The molecule has 3 rings (SSSR count). The fourth-order valence-corrected chi connectivity index (χ4v) is 4.73. The minimum Gasteiger partial charge on any atom is -0.348 e. The van der Waals surface area contributed by atoms with Crippen LogP contribution in [0.3, 0.4) is 0 Å². The van der Waals surface area contributed by atoms with E-state index < -0.39 is 0 Å². The molecule has 2 aliphatic rings. The lowest BCUT2D eigenvalue weighted by Gasteiger charge is -2.35. The number of urea groups is 1. The highest BCUT2D eigenvalue weighted by Crippen LogP contribution is 2.27. The standard InChI is InChI=1S/C19H29N3O2S/c1-14(2)17(16-8-6-12-25-16)20-18(23)15-7-5-11-22(13-15)19(24)21-9-3-4-10-21/h6,8,12,14-15,17H,3-5,7,9-11,13H2,1-2H3,(H,20,23)/t15-,17-/m1/s1. The Bertz CT molecular complexity index is 581. The normalized spacial score (nSPS) is 22.3. The van der Waals surface area contributed by atoms with Crippen LogP contribution in [0.5, 0.6) is 0 Å². The van der Waals surface area contributed by atoms with Crippen LogP contribution in [0, 0.1) is 11.8 Å². The highest BCUT2D eigenvalue weighted by Gasteiger charge is 2.32. The lowest BCUT2D eigenvalue weighted by molar-refractivity contribution is -0.127. The Labute approximate surface area is 154 Å². The summed E-state index contributed by atoms with van der Waals surface area (Å²) in [5, 5.41) is 5.29. The third-order valence-corrected chi connectivity index (χ3v) is 6.21. The van der Waals surface area contributed by atoms with Crippen LogP contribution in [0.4, 0.5) is 4.79 Å². The summed E-state index contributed by atoms with van der Waals surface area (Å²) in [6.45, 7) is 7.32. The molecule has 0 bridgehead atoms. The molecular weight excluding hydrogens is 334 g/mol. The lowest BCUT2D eigenvalue weighted by atomic mass is 9.95. The fraction of sp³-hybridized carbons (Fsp3) is 0.684. The number of carbonyl (C=O) groups excluding carboxylic acids is 2. The van der Waals surface area contributed by atoms with Crippen molar-refractivity contribution in [1.82, 2.24) is 15.1 Å². The van der Waals surface area contributed by atoms with E-state index in [2.05, 4.69) is 25.2 Å². The smallest absolute Gasteiger partial charge is 0.320 e. The second-order valence-electron chi connectivity index (χ2n) is 7.51. The summed E-state index contributed by atoms with van der Waals surface area (Å²) >= 11 is 1.68. The maximum absolute atomic E-state index is 12.8. The van der Waals surface area contributed by atoms with Gasteiger partial charge in [-0.25, -0.2) is 4.79 Å². The van der Waals surface area contributed by atoms with Gasteiger partial charge in [-0.1, -0.05) is 19.9 Å². The van der Waals surface area contributed by atoms with Gasteiger partial charge in [0.05, 0.1) is 12.0 Å². The summed E-state index contributed by atoms with van der Waals surface area (Å²) in [7, 11) is 0. The molecule has 0 radical (unpaired) electrons. The van der Waals surface area contributed by atoms with Gasteiger partial charge in [-0.05, 0) is 43.0 Å². The molecule has 6 heteroatoms. The van der Waals surface area contributed by atoms with Crippen LogP contribution < -0.4 is 5.32 Å². The van der Waals surface area contributed by atoms with Gasteiger partial charge >= 0.3 is 6.03 Å². The lowest BCUT2D eigenvalue weighted by Crippen LogP contribution is -2.50. The number of hydrogen-bond donors (Lipinski definition) is 1. The van der Waals surface area contributed by atoms with Crippen molar-refractivity contribution in [3.63, 3.8) is 0 Å². The number of piperidine rings is 1. The van der Waals surface area contributed by atoms with Crippen molar-refractivity contribution < 1.29 is 9.59 Å². The molecule has 2 aliphatic heterocycles. The minimum atomic E-state index is -0.0958. The van der Waals surface area contributed by atoms with Gasteiger partial charge < -0.3 is 15.1 Å². The topological polar surface area (TPSA) is 52.7 Å². The molecule has 2 fully saturated rings. The van der Waals surface area contributed by atoms with Crippen molar-refractivity contribution in [2.45, 2.75) is 45.6 Å². The minimum absolute atomic E-state index is 0.0529. The zero-order valence-corrected chi connectivity index (χ0v) is 16.1. The van der Waals surface area contributed by atoms with Gasteiger partial charge in [0.1, 0.15) is 0 Å². The van der Waals surface area contributed by atoms with E-state index >= 15 is 0 Å². The zero-order valence-electron chi connectivity index (χ0n) is 15.2. The average molecular weight is 364 g/mol. The number of likely N-dealkylation sites (tertiary alicyclic amines) is 2. The molecular formula is C19H29N3O2S. The highest BCUT2D eigenvalue weighted by atomic mass is 32.1. The number of thiophene rings is 1. The summed E-state index contributed by atoms with van der Waals surface area (Å²) in [5.74, 6) is 0.334. The van der Waals surface area contributed by atoms with E-state index in [1.54, 1.807) is 11.3 Å². The summed E-state index contributed by atoms with van der Waals surface area (Å²) in [6.07, 6.45) is 3.97. The SMILES string of the molecule is CC(C)[C@@H](NC(=O)[C@@H]1CCCN(C(=O)N2CCCC2)C1)c1cccs1. The molecule has 1 N–H and O–H groups in total. The third-order valence-electron chi connectivity index (χ3n) is 5.25. The van der Waals surface area contributed by atoms with Crippen molar-refractivity contribution >= 4 is 23.3 Å². The molecule has 0 aromatic carbocycles. The van der Waals surface area contributed by atoms with Gasteiger partial charge in [0.25, 0.3) is 0 Å². The monoisotopic (exact) mass is 363 g/mol. The van der Waals surface area contributed by atoms with Crippen molar-refractivity contribution in [1.29, 1.82) is 0 Å². The predicted octanol–water partition coefficient (Wildman–Crippen LogP) is 3.49. The van der Waals surface area contributed by atoms with Crippen LogP contribution in [0.2, 0.25) is 0 Å². The van der Waals surface area contributed by atoms with E-state index in [0.717, 1.165) is 45.3 Å². The summed E-state index contributed by atoms with van der Waals surface area (Å²) in [6, 6.07) is 4.28. The number of nitrogens with one attached hydrogen (secondary N) is 1. The largest absolute Gasteiger partial charge is 0.348 e. The average Bonchev–Trinajstić information content (AvgIpc) is 3.32. The number of rotatable bonds is 4. The Balaban J connectivity index is 1.60. The van der Waals surface area contributed by atoms with Gasteiger partial charge in [-0.15, -0.1) is 11.3 Å². The van der Waals surface area contributed by atoms with Crippen LogP contribution in [-0.4, -0.2) is 47.9 Å². The molecule has 138 valence electrons. The van der Waals surface area contributed by atoms with E-state index in [4.69, 9.17) is 0 Å². The maximum atomic E-state index is 12.8. The van der Waals surface area contributed by atoms with E-state index in [9.17, 15) is 9.59 Å². The number of amides is 3. The Hall–Kier alpha value is -1.56. The Kier molecular flexibility index (Phi) is 5.99. The Morgan fingerprint density at radius 3 is 2.52 bits per heavy atom. The number of nitrogens with zero attached hydrogens (tertiary/aromatic N) is 2. The van der Waals surface area contributed by atoms with Gasteiger partial charge in [0.15, 0.2) is 0 Å². The van der Waals surface area contributed by atoms with E-state index in [1.165, 1.54) is 4.88 Å². The van der Waals surface area contributed by atoms with Crippen LogP contribution in [0.1, 0.15) is 50.4 Å². The first-order chi connectivity index (χ1) is 12.1. The van der Waals surface area contributed by atoms with Crippen LogP contribution in [-0.2, 0) is 4.79 Å². The third kappa shape index (κ3) is 4.35. The van der Waals surface area contributed by atoms with Gasteiger partial charge in [0, 0.05) is 31.1 Å². The molecule has 1 aromatic heterocycles. The van der Waals surface area contributed by atoms with E-state index in [1.807, 2.05) is 21.2 Å². The van der Waals surface area contributed by atoms with Gasteiger partial charge in [-0.2, -0.15) is 0 Å². The second kappa shape index (κ2) is 8.21. The molecule has 2 saturated heterocycles. The van der Waals surface area contributed by atoms with Crippen molar-refractivity contribution in [2.75, 3.05) is 26.2 Å². The molecule has 0 saturated carbocycles. The van der Waals surface area contributed by atoms with Crippen molar-refractivity contribution in [3.8, 4) is 0 Å². The molecule has 3 heterocycles. The molecule has 5 nitrogen and oxygen atoms in total. The first-order valence-electron chi connectivity index (χ1n) is 9.44. The Morgan fingerprint density at radius 1 is 1.16 bits per heavy atom. The predicted molar refractivity (Wildman–Crippen MR) is 101 cm³/mol. The maximum Gasteiger partial charge on any atom is 0.320 e.